The summed E-state index contributed by atoms with van der Waals surface area (Å²) in [7, 11) is 0. The number of fused-ring (bicyclic) bond motifs is 1. The Bertz CT molecular complexity index is 1620. The predicted molar refractivity (Wildman–Crippen MR) is 153 cm³/mol. The molecule has 2 N–H and O–H groups in total. The van der Waals surface area contributed by atoms with Crippen molar-refractivity contribution in [3.8, 4) is 22.5 Å². The zero-order valence-electron chi connectivity index (χ0n) is 22.7. The number of Topliss-reactive ketones (excluding diaryl/α,β-unsaturated/α-hetero) is 1. The molecule has 0 bridgehead atoms. The van der Waals surface area contributed by atoms with E-state index in [9.17, 15) is 9.90 Å². The Morgan fingerprint density at radius 3 is 2.50 bits per heavy atom. The van der Waals surface area contributed by atoms with Crippen molar-refractivity contribution >= 4 is 17.2 Å². The average molecular weight is 537 g/mol. The lowest BCUT2D eigenvalue weighted by Crippen LogP contribution is -2.37. The first kappa shape index (κ1) is 25.9. The predicted octanol–water partition coefficient (Wildman–Crippen LogP) is 4.20. The van der Waals surface area contributed by atoms with Gasteiger partial charge >= 0.3 is 0 Å². The van der Waals surface area contributed by atoms with Crippen LogP contribution >= 0.6 is 0 Å². The Labute approximate surface area is 232 Å². The first-order chi connectivity index (χ1) is 19.3. The molecule has 1 fully saturated rings. The number of nitrogens with zero attached hydrogens (tertiary/aromatic N) is 5. The molecule has 204 valence electrons. The fraction of sp³-hybridized carbons (Fsp3) is 0.290. The number of aliphatic hydroxyl groups is 1. The van der Waals surface area contributed by atoms with E-state index in [4.69, 9.17) is 9.72 Å². The van der Waals surface area contributed by atoms with Crippen LogP contribution in [0, 0.1) is 0 Å². The molecular formula is C31H32N6O3. The molecule has 5 aromatic rings. The fourth-order valence-corrected chi connectivity index (χ4v) is 4.99. The van der Waals surface area contributed by atoms with Gasteiger partial charge < -0.3 is 14.7 Å². The minimum Gasteiger partial charge on any atom is -0.384 e. The molecule has 5 heterocycles. The van der Waals surface area contributed by atoms with Crippen molar-refractivity contribution in [3.63, 3.8) is 0 Å². The lowest BCUT2D eigenvalue weighted by atomic mass is 10.0. The van der Waals surface area contributed by atoms with Crippen molar-refractivity contribution < 1.29 is 14.6 Å². The standard InChI is InChI=1S/C31H32N6O3/c1-31(2,39)28-11-10-23(19-32-28)26-18-24(34-35-26)17-25(38)16-21-6-8-22(9-7-21)27-20-37-29(33-27)4-3-5-30(37)36-12-14-40-15-13-36/h3-11,18-20,39H,12-17H2,1-2H3,(H,34,35). The van der Waals surface area contributed by atoms with Crippen molar-refractivity contribution in [3.05, 3.63) is 90.0 Å². The highest BCUT2D eigenvalue weighted by Gasteiger charge is 2.18. The quantitative estimate of drug-likeness (QED) is 0.306. The highest BCUT2D eigenvalue weighted by Crippen LogP contribution is 2.25. The molecule has 0 atom stereocenters. The van der Waals surface area contributed by atoms with Gasteiger partial charge in [-0.05, 0) is 49.7 Å². The number of ketones is 1. The number of anilines is 1. The van der Waals surface area contributed by atoms with E-state index in [2.05, 4.69) is 36.7 Å². The van der Waals surface area contributed by atoms with Gasteiger partial charge in [0, 0.05) is 55.1 Å². The largest absolute Gasteiger partial charge is 0.384 e. The van der Waals surface area contributed by atoms with Crippen molar-refractivity contribution in [2.24, 2.45) is 0 Å². The molecule has 1 aliphatic heterocycles. The van der Waals surface area contributed by atoms with Crippen LogP contribution in [-0.4, -0.2) is 61.8 Å². The summed E-state index contributed by atoms with van der Waals surface area (Å²) >= 11 is 0. The molecule has 1 saturated heterocycles. The van der Waals surface area contributed by atoms with Crippen LogP contribution in [0.2, 0.25) is 0 Å². The highest BCUT2D eigenvalue weighted by atomic mass is 16.5. The van der Waals surface area contributed by atoms with E-state index in [1.807, 2.05) is 48.5 Å². The van der Waals surface area contributed by atoms with Gasteiger partial charge in [0.25, 0.3) is 0 Å². The Morgan fingerprint density at radius 1 is 1.00 bits per heavy atom. The summed E-state index contributed by atoms with van der Waals surface area (Å²) in [6.45, 7) is 6.58. The molecular weight excluding hydrogens is 504 g/mol. The molecule has 0 unspecified atom stereocenters. The fourth-order valence-electron chi connectivity index (χ4n) is 4.99. The SMILES string of the molecule is CC(C)(O)c1ccc(-c2cc(CC(=O)Cc3ccc(-c4cn5c(N6CCOCC6)cccc5n4)cc3)[nH]n2)cn1. The molecule has 1 aromatic carbocycles. The summed E-state index contributed by atoms with van der Waals surface area (Å²) in [6, 6.07) is 19.7. The van der Waals surface area contributed by atoms with Crippen LogP contribution in [0.3, 0.4) is 0 Å². The van der Waals surface area contributed by atoms with Gasteiger partial charge in [0.1, 0.15) is 22.8 Å². The summed E-state index contributed by atoms with van der Waals surface area (Å²) in [5, 5.41) is 17.4. The van der Waals surface area contributed by atoms with E-state index < -0.39 is 5.60 Å². The van der Waals surface area contributed by atoms with Gasteiger partial charge in [-0.3, -0.25) is 19.3 Å². The zero-order valence-corrected chi connectivity index (χ0v) is 22.7. The highest BCUT2D eigenvalue weighted by molar-refractivity contribution is 5.83. The van der Waals surface area contributed by atoms with Gasteiger partial charge in [-0.25, -0.2) is 4.98 Å². The zero-order chi connectivity index (χ0) is 27.7. The van der Waals surface area contributed by atoms with E-state index >= 15 is 0 Å². The van der Waals surface area contributed by atoms with Crippen LogP contribution in [-0.2, 0) is 28.0 Å². The maximum Gasteiger partial charge on any atom is 0.143 e. The molecule has 9 nitrogen and oxygen atoms in total. The number of rotatable bonds is 8. The van der Waals surface area contributed by atoms with Crippen LogP contribution in [0.15, 0.2) is 73.1 Å². The minimum atomic E-state index is -1.00. The number of hydrogen-bond donors (Lipinski definition) is 2. The molecule has 4 aromatic heterocycles. The third-order valence-corrected chi connectivity index (χ3v) is 7.16. The molecule has 1 aliphatic rings. The van der Waals surface area contributed by atoms with Gasteiger partial charge in [-0.1, -0.05) is 30.3 Å². The number of hydrogen-bond acceptors (Lipinski definition) is 7. The maximum atomic E-state index is 12.8. The van der Waals surface area contributed by atoms with E-state index in [1.54, 1.807) is 26.1 Å². The van der Waals surface area contributed by atoms with Crippen molar-refractivity contribution in [2.75, 3.05) is 31.2 Å². The molecule has 6 rings (SSSR count). The average Bonchev–Trinajstić information content (AvgIpc) is 3.61. The second-order valence-electron chi connectivity index (χ2n) is 10.7. The molecule has 0 saturated carbocycles. The van der Waals surface area contributed by atoms with Gasteiger partial charge in [0.05, 0.1) is 30.3 Å². The van der Waals surface area contributed by atoms with Crippen molar-refractivity contribution in [1.82, 2.24) is 24.6 Å². The van der Waals surface area contributed by atoms with Crippen molar-refractivity contribution in [1.29, 1.82) is 0 Å². The Balaban J connectivity index is 1.10. The van der Waals surface area contributed by atoms with Crippen LogP contribution in [0.1, 0.15) is 30.8 Å². The van der Waals surface area contributed by atoms with Gasteiger partial charge in [0.2, 0.25) is 0 Å². The normalized spacial score (nSPS) is 14.1. The van der Waals surface area contributed by atoms with Crippen LogP contribution in [0.5, 0.6) is 0 Å². The second kappa shape index (κ2) is 10.7. The van der Waals surface area contributed by atoms with E-state index in [-0.39, 0.29) is 12.2 Å². The summed E-state index contributed by atoms with van der Waals surface area (Å²) in [6.07, 6.45) is 4.36. The van der Waals surface area contributed by atoms with Gasteiger partial charge in [0.15, 0.2) is 0 Å². The number of carbonyl (C=O) groups excluding carboxylic acids is 1. The van der Waals surface area contributed by atoms with Gasteiger partial charge in [-0.15, -0.1) is 0 Å². The molecule has 0 aliphatic carbocycles. The Morgan fingerprint density at radius 2 is 1.77 bits per heavy atom. The molecule has 9 heteroatoms. The number of H-pyrrole nitrogens is 1. The van der Waals surface area contributed by atoms with E-state index in [0.29, 0.717) is 17.8 Å². The molecule has 40 heavy (non-hydrogen) atoms. The van der Waals surface area contributed by atoms with Crippen LogP contribution in [0.25, 0.3) is 28.2 Å². The van der Waals surface area contributed by atoms with Gasteiger partial charge in [-0.2, -0.15) is 5.10 Å². The Kier molecular flexibility index (Phi) is 6.91. The number of aromatic nitrogens is 5. The van der Waals surface area contributed by atoms with E-state index in [0.717, 1.165) is 65.8 Å². The maximum absolute atomic E-state index is 12.8. The molecule has 0 spiro atoms. The second-order valence-corrected chi connectivity index (χ2v) is 10.7. The number of aromatic amines is 1. The summed E-state index contributed by atoms with van der Waals surface area (Å²) in [5.41, 5.74) is 5.65. The number of pyridine rings is 2. The Hall–Kier alpha value is -4.34. The third kappa shape index (κ3) is 5.52. The van der Waals surface area contributed by atoms with Crippen molar-refractivity contribution in [2.45, 2.75) is 32.3 Å². The number of morpholine rings is 1. The number of imidazole rings is 1. The summed E-state index contributed by atoms with van der Waals surface area (Å²) < 4.78 is 7.64. The number of benzene rings is 1. The lowest BCUT2D eigenvalue weighted by Gasteiger charge is -2.29. The van der Waals surface area contributed by atoms with E-state index in [1.165, 1.54) is 0 Å². The molecule has 0 radical (unpaired) electrons. The summed E-state index contributed by atoms with van der Waals surface area (Å²) in [4.78, 5) is 24.3. The van der Waals surface area contributed by atoms with Crippen LogP contribution in [0.4, 0.5) is 5.82 Å². The lowest BCUT2D eigenvalue weighted by molar-refractivity contribution is -0.117. The minimum absolute atomic E-state index is 0.0985. The first-order valence-corrected chi connectivity index (χ1v) is 13.5. The topological polar surface area (TPSA) is 109 Å². The monoisotopic (exact) mass is 536 g/mol. The number of nitrogens with one attached hydrogen (secondary N) is 1. The smallest absolute Gasteiger partial charge is 0.143 e. The van der Waals surface area contributed by atoms with Crippen LogP contribution < -0.4 is 4.90 Å². The summed E-state index contributed by atoms with van der Waals surface area (Å²) in [5.74, 6) is 1.22. The molecule has 0 amide bonds. The number of carbonyl (C=O) groups is 1. The number of ether oxygens (including phenoxy) is 1. The third-order valence-electron chi connectivity index (χ3n) is 7.16. The first-order valence-electron chi connectivity index (χ1n) is 13.5.